The number of carbonyl (C=O) groups is 3. The second-order valence-electron chi connectivity index (χ2n) is 12.3. The summed E-state index contributed by atoms with van der Waals surface area (Å²) in [6, 6.07) is 4.57. The Labute approximate surface area is 230 Å². The second kappa shape index (κ2) is 13.4. The Kier molecular flexibility index (Phi) is 11.8. The van der Waals surface area contributed by atoms with E-state index < -0.39 is 28.9 Å². The molecule has 0 aliphatic heterocycles. The molecule has 0 saturated carbocycles. The first-order chi connectivity index (χ1) is 17.4. The van der Waals surface area contributed by atoms with Gasteiger partial charge >= 0.3 is 5.97 Å². The van der Waals surface area contributed by atoms with Crippen molar-refractivity contribution in [1.29, 1.82) is 0 Å². The number of benzene rings is 1. The van der Waals surface area contributed by atoms with Gasteiger partial charge < -0.3 is 20.3 Å². The Morgan fingerprint density at radius 2 is 1.61 bits per heavy atom. The second-order valence-corrected chi connectivity index (χ2v) is 12.3. The van der Waals surface area contributed by atoms with E-state index in [9.17, 15) is 14.4 Å². The lowest BCUT2D eigenvalue weighted by molar-refractivity contribution is -0.141. The van der Waals surface area contributed by atoms with Crippen molar-refractivity contribution in [2.45, 2.75) is 99.7 Å². The van der Waals surface area contributed by atoms with E-state index >= 15 is 0 Å². The molecule has 3 atom stereocenters. The van der Waals surface area contributed by atoms with Gasteiger partial charge in [-0.15, -0.1) is 0 Å². The summed E-state index contributed by atoms with van der Waals surface area (Å²) in [4.78, 5) is 41.5. The van der Waals surface area contributed by atoms with Gasteiger partial charge in [-0.2, -0.15) is 0 Å². The predicted octanol–water partition coefficient (Wildman–Crippen LogP) is 4.69. The predicted molar refractivity (Wildman–Crippen MR) is 155 cm³/mol. The fourth-order valence-electron chi connectivity index (χ4n) is 4.67. The van der Waals surface area contributed by atoms with Crippen LogP contribution in [-0.2, 0) is 24.5 Å². The first-order valence-corrected chi connectivity index (χ1v) is 13.6. The number of carbonyl (C=O) groups excluding carboxylic acids is 3. The van der Waals surface area contributed by atoms with Crippen molar-refractivity contribution in [2.75, 3.05) is 20.7 Å². The number of rotatable bonds is 11. The van der Waals surface area contributed by atoms with Gasteiger partial charge in [0, 0.05) is 18.0 Å². The molecule has 0 radical (unpaired) electrons. The Balaban J connectivity index is 3.34. The molecule has 214 valence electrons. The topological polar surface area (TPSA) is 87.7 Å². The SMILES string of the molecule is CCOC(=O)C(C)=C[C@H](C(C)C)N(C)C(=O)[C@@H](NC(=O)[C@H](NC)C(C)(C)c1ccc(C)c(C)c1)C(C)(C)C. The summed E-state index contributed by atoms with van der Waals surface area (Å²) in [7, 11) is 3.49. The minimum atomic E-state index is -0.774. The number of hydrogen-bond acceptors (Lipinski definition) is 5. The maximum Gasteiger partial charge on any atom is 0.333 e. The minimum Gasteiger partial charge on any atom is -0.463 e. The van der Waals surface area contributed by atoms with Crippen molar-refractivity contribution in [3.05, 3.63) is 46.5 Å². The molecule has 1 aromatic rings. The molecule has 7 heteroatoms. The molecule has 7 nitrogen and oxygen atoms in total. The van der Waals surface area contributed by atoms with Gasteiger partial charge in [-0.3, -0.25) is 9.59 Å². The first-order valence-electron chi connectivity index (χ1n) is 13.6. The van der Waals surface area contributed by atoms with Gasteiger partial charge in [0.25, 0.3) is 0 Å². The first kappa shape index (κ1) is 33.4. The average molecular weight is 530 g/mol. The van der Waals surface area contributed by atoms with Crippen molar-refractivity contribution in [3.63, 3.8) is 0 Å². The summed E-state index contributed by atoms with van der Waals surface area (Å²) in [5, 5.41) is 6.27. The zero-order chi connectivity index (χ0) is 29.6. The van der Waals surface area contributed by atoms with E-state index in [2.05, 4.69) is 42.7 Å². The van der Waals surface area contributed by atoms with Crippen LogP contribution >= 0.6 is 0 Å². The Morgan fingerprint density at radius 1 is 1.03 bits per heavy atom. The van der Waals surface area contributed by atoms with Crippen molar-refractivity contribution in [1.82, 2.24) is 15.5 Å². The highest BCUT2D eigenvalue weighted by Gasteiger charge is 2.41. The molecule has 0 aromatic heterocycles. The summed E-state index contributed by atoms with van der Waals surface area (Å²) < 4.78 is 5.13. The summed E-state index contributed by atoms with van der Waals surface area (Å²) in [6.45, 7) is 21.8. The smallest absolute Gasteiger partial charge is 0.333 e. The zero-order valence-corrected chi connectivity index (χ0v) is 25.9. The Morgan fingerprint density at radius 3 is 2.05 bits per heavy atom. The van der Waals surface area contributed by atoms with E-state index in [-0.39, 0.29) is 30.4 Å². The van der Waals surface area contributed by atoms with Gasteiger partial charge in [0.1, 0.15) is 6.04 Å². The number of likely N-dealkylation sites (N-methyl/N-ethyl adjacent to an activating group) is 2. The molecule has 0 saturated heterocycles. The zero-order valence-electron chi connectivity index (χ0n) is 25.9. The van der Waals surface area contributed by atoms with Crippen molar-refractivity contribution in [3.8, 4) is 0 Å². The number of nitrogens with one attached hydrogen (secondary N) is 2. The van der Waals surface area contributed by atoms with Gasteiger partial charge in [-0.1, -0.05) is 72.7 Å². The Bertz CT molecular complexity index is 1020. The van der Waals surface area contributed by atoms with Gasteiger partial charge in [-0.05, 0) is 62.8 Å². The molecule has 0 aliphatic rings. The standard InChI is InChI=1S/C31H51N3O4/c1-14-38-29(37)22(6)18-24(19(2)3)34(13)28(36)26(30(7,8)9)33-27(35)25(32-12)31(10,11)23-16-15-20(4)21(5)17-23/h15-19,24-26,32H,14H2,1-13H3,(H,33,35)/t24-,25+,26-/m1/s1. The molecule has 2 amide bonds. The molecule has 0 fully saturated rings. The third kappa shape index (κ3) is 8.16. The maximum absolute atomic E-state index is 13.9. The molecule has 0 unspecified atom stereocenters. The van der Waals surface area contributed by atoms with Crippen LogP contribution in [0.25, 0.3) is 0 Å². The van der Waals surface area contributed by atoms with Gasteiger partial charge in [-0.25, -0.2) is 4.79 Å². The van der Waals surface area contributed by atoms with E-state index in [1.165, 1.54) is 11.1 Å². The Hall–Kier alpha value is -2.67. The van der Waals surface area contributed by atoms with Crippen LogP contribution in [0.1, 0.15) is 79.0 Å². The van der Waals surface area contributed by atoms with E-state index in [1.807, 2.05) is 48.5 Å². The molecule has 1 aromatic carbocycles. The monoisotopic (exact) mass is 529 g/mol. The number of ether oxygens (including phenoxy) is 1. The third-order valence-electron chi connectivity index (χ3n) is 7.42. The van der Waals surface area contributed by atoms with Crippen LogP contribution in [0.3, 0.4) is 0 Å². The third-order valence-corrected chi connectivity index (χ3v) is 7.42. The fourth-order valence-corrected chi connectivity index (χ4v) is 4.67. The highest BCUT2D eigenvalue weighted by atomic mass is 16.5. The summed E-state index contributed by atoms with van der Waals surface area (Å²) >= 11 is 0. The summed E-state index contributed by atoms with van der Waals surface area (Å²) in [5.41, 5.74) is 2.78. The summed E-state index contributed by atoms with van der Waals surface area (Å²) in [6.07, 6.45) is 1.78. The maximum atomic E-state index is 13.9. The number of amides is 2. The van der Waals surface area contributed by atoms with Crippen LogP contribution in [0.15, 0.2) is 29.8 Å². The summed E-state index contributed by atoms with van der Waals surface area (Å²) in [5.74, 6) is -0.809. The largest absolute Gasteiger partial charge is 0.463 e. The van der Waals surface area contributed by atoms with Crippen LogP contribution in [0.5, 0.6) is 0 Å². The molecular weight excluding hydrogens is 478 g/mol. The van der Waals surface area contributed by atoms with E-state index in [0.717, 1.165) is 5.56 Å². The molecule has 0 spiro atoms. The molecule has 38 heavy (non-hydrogen) atoms. The van der Waals surface area contributed by atoms with Gasteiger partial charge in [0.2, 0.25) is 11.8 Å². The van der Waals surface area contributed by atoms with Crippen LogP contribution in [-0.4, -0.2) is 61.5 Å². The quantitative estimate of drug-likeness (QED) is 0.321. The number of hydrogen-bond donors (Lipinski definition) is 2. The van der Waals surface area contributed by atoms with E-state index in [4.69, 9.17) is 4.74 Å². The minimum absolute atomic E-state index is 0.0402. The van der Waals surface area contributed by atoms with E-state index in [1.54, 1.807) is 38.9 Å². The molecule has 2 N–H and O–H groups in total. The molecular formula is C31H51N3O4. The number of aryl methyl sites for hydroxylation is 2. The van der Waals surface area contributed by atoms with Crippen molar-refractivity contribution >= 4 is 17.8 Å². The van der Waals surface area contributed by atoms with Crippen LogP contribution in [0.4, 0.5) is 0 Å². The van der Waals surface area contributed by atoms with Gasteiger partial charge in [0.15, 0.2) is 0 Å². The highest BCUT2D eigenvalue weighted by Crippen LogP contribution is 2.30. The lowest BCUT2D eigenvalue weighted by Gasteiger charge is -2.40. The van der Waals surface area contributed by atoms with Crippen LogP contribution < -0.4 is 10.6 Å². The lowest BCUT2D eigenvalue weighted by atomic mass is 9.76. The van der Waals surface area contributed by atoms with Crippen molar-refractivity contribution < 1.29 is 19.1 Å². The lowest BCUT2D eigenvalue weighted by Crippen LogP contribution is -2.61. The fraction of sp³-hybridized carbons (Fsp3) is 0.645. The number of esters is 1. The molecule has 1 rings (SSSR count). The molecule has 0 heterocycles. The average Bonchev–Trinajstić information content (AvgIpc) is 2.81. The normalized spacial score (nSPS) is 15.1. The van der Waals surface area contributed by atoms with Gasteiger partial charge in [0.05, 0.1) is 18.7 Å². The number of nitrogens with zero attached hydrogens (tertiary/aromatic N) is 1. The van der Waals surface area contributed by atoms with Crippen molar-refractivity contribution in [2.24, 2.45) is 11.3 Å². The van der Waals surface area contributed by atoms with E-state index in [0.29, 0.717) is 5.57 Å². The van der Waals surface area contributed by atoms with Crippen LogP contribution in [0, 0.1) is 25.2 Å². The molecule has 0 bridgehead atoms. The van der Waals surface area contributed by atoms with Crippen LogP contribution in [0.2, 0.25) is 0 Å². The molecule has 0 aliphatic carbocycles. The highest BCUT2D eigenvalue weighted by molar-refractivity contribution is 5.92.